The Bertz CT molecular complexity index is 779. The number of ether oxygens (including phenoxy) is 1. The van der Waals surface area contributed by atoms with Gasteiger partial charge in [-0.25, -0.2) is 4.68 Å². The molecule has 0 saturated carbocycles. The molecule has 0 bridgehead atoms. The molecule has 1 amide bonds. The number of likely N-dealkylation sites (tertiary alicyclic amines) is 1. The maximum absolute atomic E-state index is 12.7. The Labute approximate surface area is 149 Å². The standard InChI is InChI=1S/C16H16Cl2N4O2/c17-12-2-1-10(5-13(12)18)6-16(23)21-4-3-15-14(8-21)22-11(9-24-15)7-19-20-22/h1-2,5,7,14-15H,3-4,6,8-9H2/t14-,15+/m1/s1. The summed E-state index contributed by atoms with van der Waals surface area (Å²) in [6.07, 6.45) is 2.91. The van der Waals surface area contributed by atoms with Gasteiger partial charge in [-0.3, -0.25) is 4.79 Å². The molecule has 8 heteroatoms. The lowest BCUT2D eigenvalue weighted by molar-refractivity contribution is -0.137. The van der Waals surface area contributed by atoms with Gasteiger partial charge in [0.15, 0.2) is 0 Å². The molecule has 2 atom stereocenters. The summed E-state index contributed by atoms with van der Waals surface area (Å²) in [4.78, 5) is 14.5. The molecule has 2 aliphatic rings. The van der Waals surface area contributed by atoms with E-state index in [0.717, 1.165) is 17.7 Å². The Kier molecular flexibility index (Phi) is 4.20. The molecule has 2 aliphatic heterocycles. The molecule has 1 fully saturated rings. The van der Waals surface area contributed by atoms with Crippen molar-refractivity contribution in [1.82, 2.24) is 19.9 Å². The normalized spacial score (nSPS) is 22.8. The quantitative estimate of drug-likeness (QED) is 0.819. The summed E-state index contributed by atoms with van der Waals surface area (Å²) in [6.45, 7) is 1.80. The van der Waals surface area contributed by atoms with Gasteiger partial charge in [0.25, 0.3) is 0 Å². The maximum atomic E-state index is 12.7. The second-order valence-corrected chi connectivity index (χ2v) is 6.95. The minimum Gasteiger partial charge on any atom is -0.370 e. The van der Waals surface area contributed by atoms with Crippen molar-refractivity contribution < 1.29 is 9.53 Å². The van der Waals surface area contributed by atoms with Gasteiger partial charge in [0.2, 0.25) is 5.91 Å². The molecular weight excluding hydrogens is 351 g/mol. The highest BCUT2D eigenvalue weighted by Gasteiger charge is 2.37. The number of carbonyl (C=O) groups excluding carboxylic acids is 1. The Morgan fingerprint density at radius 3 is 3.04 bits per heavy atom. The SMILES string of the molecule is O=C(Cc1ccc(Cl)c(Cl)c1)N1CC[C@@H]2OCc3cnnn3[C@@H]2C1. The van der Waals surface area contributed by atoms with Crippen molar-refractivity contribution in [2.24, 2.45) is 0 Å². The van der Waals surface area contributed by atoms with E-state index in [2.05, 4.69) is 10.3 Å². The second-order valence-electron chi connectivity index (χ2n) is 6.14. The molecule has 0 radical (unpaired) electrons. The number of amides is 1. The van der Waals surface area contributed by atoms with Crippen LogP contribution in [0.15, 0.2) is 24.4 Å². The van der Waals surface area contributed by atoms with Gasteiger partial charge in [-0.15, -0.1) is 5.10 Å². The fourth-order valence-electron chi connectivity index (χ4n) is 3.34. The molecule has 24 heavy (non-hydrogen) atoms. The first-order chi connectivity index (χ1) is 11.6. The first-order valence-electron chi connectivity index (χ1n) is 7.84. The summed E-state index contributed by atoms with van der Waals surface area (Å²) < 4.78 is 7.77. The Morgan fingerprint density at radius 1 is 1.33 bits per heavy atom. The number of aromatic nitrogens is 3. The lowest BCUT2D eigenvalue weighted by Crippen LogP contribution is -2.50. The van der Waals surface area contributed by atoms with Gasteiger partial charge in [0, 0.05) is 13.1 Å². The molecule has 6 nitrogen and oxygen atoms in total. The van der Waals surface area contributed by atoms with Crippen LogP contribution in [0.3, 0.4) is 0 Å². The molecule has 4 rings (SSSR count). The molecule has 0 N–H and O–H groups in total. The average Bonchev–Trinajstić information content (AvgIpc) is 3.07. The van der Waals surface area contributed by atoms with E-state index in [1.165, 1.54) is 0 Å². The minimum absolute atomic E-state index is 0.0303. The van der Waals surface area contributed by atoms with E-state index in [0.29, 0.717) is 36.2 Å². The van der Waals surface area contributed by atoms with E-state index in [4.69, 9.17) is 27.9 Å². The van der Waals surface area contributed by atoms with E-state index >= 15 is 0 Å². The maximum Gasteiger partial charge on any atom is 0.227 e. The third-order valence-corrected chi connectivity index (χ3v) is 5.36. The fraction of sp³-hybridized carbons (Fsp3) is 0.438. The number of nitrogens with zero attached hydrogens (tertiary/aromatic N) is 4. The van der Waals surface area contributed by atoms with E-state index in [1.807, 2.05) is 15.6 Å². The molecule has 0 unspecified atom stereocenters. The van der Waals surface area contributed by atoms with Gasteiger partial charge in [-0.05, 0) is 24.1 Å². The molecule has 2 aromatic rings. The molecule has 3 heterocycles. The summed E-state index contributed by atoms with van der Waals surface area (Å²) in [6, 6.07) is 5.32. The van der Waals surface area contributed by atoms with Crippen molar-refractivity contribution in [3.8, 4) is 0 Å². The zero-order chi connectivity index (χ0) is 16.7. The monoisotopic (exact) mass is 366 g/mol. The first-order valence-corrected chi connectivity index (χ1v) is 8.60. The molecule has 1 aromatic heterocycles. The van der Waals surface area contributed by atoms with Gasteiger partial charge in [0.05, 0.1) is 47.1 Å². The summed E-state index contributed by atoms with van der Waals surface area (Å²) in [5.41, 5.74) is 1.81. The second kappa shape index (κ2) is 6.35. The minimum atomic E-state index is 0.0303. The Hall–Kier alpha value is -1.63. The smallest absolute Gasteiger partial charge is 0.227 e. The average molecular weight is 367 g/mol. The van der Waals surface area contributed by atoms with Crippen LogP contribution in [0.1, 0.15) is 23.7 Å². The number of piperidine rings is 1. The number of hydrogen-bond donors (Lipinski definition) is 0. The Morgan fingerprint density at radius 2 is 2.21 bits per heavy atom. The van der Waals surface area contributed by atoms with Crippen molar-refractivity contribution in [2.45, 2.75) is 31.6 Å². The van der Waals surface area contributed by atoms with E-state index in [9.17, 15) is 4.79 Å². The van der Waals surface area contributed by atoms with Crippen molar-refractivity contribution in [1.29, 1.82) is 0 Å². The van der Waals surface area contributed by atoms with Gasteiger partial charge in [-0.1, -0.05) is 34.5 Å². The topological polar surface area (TPSA) is 60.3 Å². The highest BCUT2D eigenvalue weighted by atomic mass is 35.5. The third kappa shape index (κ3) is 2.90. The zero-order valence-electron chi connectivity index (χ0n) is 12.9. The van der Waals surface area contributed by atoms with Crippen LogP contribution in [0.25, 0.3) is 0 Å². The van der Waals surface area contributed by atoms with Crippen LogP contribution in [-0.2, 0) is 22.6 Å². The molecule has 0 aliphatic carbocycles. The summed E-state index contributed by atoms with van der Waals surface area (Å²) in [7, 11) is 0. The molecule has 0 spiro atoms. The van der Waals surface area contributed by atoms with Crippen molar-refractivity contribution in [3.63, 3.8) is 0 Å². The van der Waals surface area contributed by atoms with Crippen LogP contribution < -0.4 is 0 Å². The fourth-order valence-corrected chi connectivity index (χ4v) is 3.66. The highest BCUT2D eigenvalue weighted by molar-refractivity contribution is 6.42. The molecule has 1 aromatic carbocycles. The van der Waals surface area contributed by atoms with Crippen LogP contribution in [0.4, 0.5) is 0 Å². The van der Waals surface area contributed by atoms with Crippen LogP contribution in [-0.4, -0.2) is 45.0 Å². The number of benzene rings is 1. The number of halogens is 2. The molecular formula is C16H16Cl2N4O2. The predicted molar refractivity (Wildman–Crippen MR) is 89.0 cm³/mol. The van der Waals surface area contributed by atoms with E-state index in [1.54, 1.807) is 18.3 Å². The number of rotatable bonds is 2. The van der Waals surface area contributed by atoms with Crippen molar-refractivity contribution in [3.05, 3.63) is 45.7 Å². The van der Waals surface area contributed by atoms with Gasteiger partial charge in [-0.2, -0.15) is 0 Å². The summed E-state index contributed by atoms with van der Waals surface area (Å²) in [5, 5.41) is 9.07. The number of hydrogen-bond acceptors (Lipinski definition) is 4. The summed E-state index contributed by atoms with van der Waals surface area (Å²) >= 11 is 11.9. The van der Waals surface area contributed by atoms with Crippen LogP contribution in [0, 0.1) is 0 Å². The lowest BCUT2D eigenvalue weighted by atomic mass is 9.99. The molecule has 1 saturated heterocycles. The predicted octanol–water partition coefficient (Wildman–Crippen LogP) is 2.50. The van der Waals surface area contributed by atoms with Crippen LogP contribution >= 0.6 is 23.2 Å². The third-order valence-electron chi connectivity index (χ3n) is 4.62. The van der Waals surface area contributed by atoms with Gasteiger partial charge < -0.3 is 9.64 Å². The van der Waals surface area contributed by atoms with E-state index < -0.39 is 0 Å². The van der Waals surface area contributed by atoms with Crippen LogP contribution in [0.2, 0.25) is 10.0 Å². The highest BCUT2D eigenvalue weighted by Crippen LogP contribution is 2.30. The number of fused-ring (bicyclic) bond motifs is 3. The van der Waals surface area contributed by atoms with E-state index in [-0.39, 0.29) is 18.1 Å². The zero-order valence-corrected chi connectivity index (χ0v) is 14.4. The van der Waals surface area contributed by atoms with Gasteiger partial charge in [0.1, 0.15) is 0 Å². The lowest BCUT2D eigenvalue weighted by Gasteiger charge is -2.41. The first kappa shape index (κ1) is 15.9. The van der Waals surface area contributed by atoms with Crippen molar-refractivity contribution >= 4 is 29.1 Å². The van der Waals surface area contributed by atoms with Gasteiger partial charge >= 0.3 is 0 Å². The Balaban J connectivity index is 1.47. The largest absolute Gasteiger partial charge is 0.370 e. The molecule has 126 valence electrons. The van der Waals surface area contributed by atoms with Crippen molar-refractivity contribution in [2.75, 3.05) is 13.1 Å². The van der Waals surface area contributed by atoms with Crippen LogP contribution in [0.5, 0.6) is 0 Å². The number of carbonyl (C=O) groups is 1. The summed E-state index contributed by atoms with van der Waals surface area (Å²) in [5.74, 6) is 0.0686.